The average molecular weight is 293 g/mol. The first kappa shape index (κ1) is 14.3. The van der Waals surface area contributed by atoms with E-state index in [-0.39, 0.29) is 0 Å². The van der Waals surface area contributed by atoms with Gasteiger partial charge in [-0.25, -0.2) is 9.78 Å². The van der Waals surface area contributed by atoms with Crippen molar-refractivity contribution in [3.8, 4) is 0 Å². The molecule has 0 saturated heterocycles. The molecule has 3 N–H and O–H groups in total. The molecule has 2 rings (SSSR count). The second-order valence-electron chi connectivity index (χ2n) is 4.55. The van der Waals surface area contributed by atoms with E-state index in [1.165, 1.54) is 11.3 Å². The molecule has 1 aromatic heterocycles. The number of carboxylic acids is 1. The number of amides is 2. The van der Waals surface area contributed by atoms with Gasteiger partial charge in [0.05, 0.1) is 21.6 Å². The molecule has 0 fully saturated rings. The Hall–Kier alpha value is -2.15. The first-order valence-electron chi connectivity index (χ1n) is 6.11. The zero-order valence-electron chi connectivity index (χ0n) is 11.1. The van der Waals surface area contributed by atoms with E-state index in [1.54, 1.807) is 25.4 Å². The lowest BCUT2D eigenvalue weighted by atomic mass is 10.0. The van der Waals surface area contributed by atoms with Crippen molar-refractivity contribution in [1.82, 2.24) is 10.3 Å². The second-order valence-corrected chi connectivity index (χ2v) is 5.44. The highest BCUT2D eigenvalue weighted by molar-refractivity contribution is 7.16. The lowest BCUT2D eigenvalue weighted by Gasteiger charge is -2.18. The number of anilines is 1. The molecule has 1 aromatic carbocycles. The quantitative estimate of drug-likeness (QED) is 0.807. The van der Waals surface area contributed by atoms with Crippen LogP contribution in [0.3, 0.4) is 0 Å². The van der Waals surface area contributed by atoms with Gasteiger partial charge in [0, 0.05) is 11.7 Å². The summed E-state index contributed by atoms with van der Waals surface area (Å²) in [6.07, 6.45) is 0. The Kier molecular flexibility index (Phi) is 4.19. The normalized spacial score (nSPS) is 13.7. The Morgan fingerprint density at radius 2 is 2.10 bits per heavy atom. The van der Waals surface area contributed by atoms with Gasteiger partial charge in [-0.15, -0.1) is 11.3 Å². The van der Waals surface area contributed by atoms with Crippen molar-refractivity contribution in [3.63, 3.8) is 0 Å². The first-order chi connectivity index (χ1) is 9.47. The van der Waals surface area contributed by atoms with Gasteiger partial charge in [-0.1, -0.05) is 0 Å². The zero-order chi connectivity index (χ0) is 14.7. The minimum atomic E-state index is -0.941. The summed E-state index contributed by atoms with van der Waals surface area (Å²) in [5, 5.41) is 14.2. The van der Waals surface area contributed by atoms with Crippen molar-refractivity contribution >= 4 is 39.2 Å². The van der Waals surface area contributed by atoms with Gasteiger partial charge in [-0.2, -0.15) is 0 Å². The number of aliphatic carboxylic acids is 1. The van der Waals surface area contributed by atoms with Crippen molar-refractivity contribution in [3.05, 3.63) is 23.7 Å². The van der Waals surface area contributed by atoms with Crippen LogP contribution < -0.4 is 10.6 Å². The van der Waals surface area contributed by atoms with Crippen molar-refractivity contribution < 1.29 is 14.7 Å². The summed E-state index contributed by atoms with van der Waals surface area (Å²) in [5.74, 6) is -1.59. The second kappa shape index (κ2) is 5.87. The average Bonchev–Trinajstić information content (AvgIpc) is 2.84. The molecule has 0 aliphatic carbocycles. The molecule has 2 aromatic rings. The number of rotatable bonds is 4. The maximum atomic E-state index is 11.8. The number of nitrogens with zero attached hydrogens (tertiary/aromatic N) is 1. The van der Waals surface area contributed by atoms with Crippen LogP contribution in [0.1, 0.15) is 13.8 Å². The zero-order valence-corrected chi connectivity index (χ0v) is 11.9. The molecule has 0 aliphatic heterocycles. The Balaban J connectivity index is 1.98. The SMILES string of the molecule is CC(NC(=O)Nc1ccc2ncsc2c1)C(C)C(=O)O. The van der Waals surface area contributed by atoms with E-state index in [0.29, 0.717) is 5.69 Å². The molecule has 0 spiro atoms. The molecule has 0 radical (unpaired) electrons. The van der Waals surface area contributed by atoms with Gasteiger partial charge in [-0.3, -0.25) is 4.79 Å². The summed E-state index contributed by atoms with van der Waals surface area (Å²) in [6, 6.07) is 4.53. The van der Waals surface area contributed by atoms with E-state index >= 15 is 0 Å². The van der Waals surface area contributed by atoms with Gasteiger partial charge in [0.2, 0.25) is 0 Å². The fraction of sp³-hybridized carbons (Fsp3) is 0.308. The molecule has 106 valence electrons. The number of urea groups is 1. The van der Waals surface area contributed by atoms with E-state index in [1.807, 2.05) is 12.1 Å². The number of carbonyl (C=O) groups excluding carboxylic acids is 1. The first-order valence-corrected chi connectivity index (χ1v) is 6.99. The molecule has 2 unspecified atom stereocenters. The standard InChI is InChI=1S/C13H15N3O3S/c1-7(12(17)18)8(2)15-13(19)16-9-3-4-10-11(5-9)20-6-14-10/h3-8H,1-2H3,(H,17,18)(H2,15,16,19). The number of carboxylic acid groups (broad SMARTS) is 1. The van der Waals surface area contributed by atoms with Gasteiger partial charge in [0.25, 0.3) is 0 Å². The molecule has 1 heterocycles. The topological polar surface area (TPSA) is 91.3 Å². The van der Waals surface area contributed by atoms with Gasteiger partial charge < -0.3 is 15.7 Å². The summed E-state index contributed by atoms with van der Waals surface area (Å²) in [5.41, 5.74) is 3.27. The smallest absolute Gasteiger partial charge is 0.319 e. The summed E-state index contributed by atoms with van der Waals surface area (Å²) in [6.45, 7) is 3.21. The fourth-order valence-electron chi connectivity index (χ4n) is 1.65. The van der Waals surface area contributed by atoms with Crippen LogP contribution in [0.4, 0.5) is 10.5 Å². The van der Waals surface area contributed by atoms with E-state index in [9.17, 15) is 9.59 Å². The summed E-state index contributed by atoms with van der Waals surface area (Å²) in [7, 11) is 0. The molecular formula is C13H15N3O3S. The van der Waals surface area contributed by atoms with Crippen molar-refractivity contribution in [2.24, 2.45) is 5.92 Å². The van der Waals surface area contributed by atoms with Crippen molar-refractivity contribution in [2.75, 3.05) is 5.32 Å². The molecule has 7 heteroatoms. The van der Waals surface area contributed by atoms with Crippen LogP contribution in [0.5, 0.6) is 0 Å². The van der Waals surface area contributed by atoms with Crippen molar-refractivity contribution in [1.29, 1.82) is 0 Å². The van der Waals surface area contributed by atoms with Crippen LogP contribution in [0, 0.1) is 5.92 Å². The highest BCUT2D eigenvalue weighted by Gasteiger charge is 2.20. The maximum Gasteiger partial charge on any atom is 0.319 e. The minimum Gasteiger partial charge on any atom is -0.481 e. The van der Waals surface area contributed by atoms with Gasteiger partial charge in [0.15, 0.2) is 0 Å². The Morgan fingerprint density at radius 1 is 1.35 bits per heavy atom. The number of fused-ring (bicyclic) bond motifs is 1. The minimum absolute atomic E-state index is 0.422. The van der Waals surface area contributed by atoms with E-state index in [2.05, 4.69) is 15.6 Å². The number of hydrogen-bond donors (Lipinski definition) is 3. The van der Waals surface area contributed by atoms with Gasteiger partial charge >= 0.3 is 12.0 Å². The largest absolute Gasteiger partial charge is 0.481 e. The molecule has 2 amide bonds. The Morgan fingerprint density at radius 3 is 2.80 bits per heavy atom. The molecule has 20 heavy (non-hydrogen) atoms. The van der Waals surface area contributed by atoms with E-state index < -0.39 is 24.0 Å². The van der Waals surface area contributed by atoms with Crippen LogP contribution in [0.2, 0.25) is 0 Å². The summed E-state index contributed by atoms with van der Waals surface area (Å²) >= 11 is 1.49. The highest BCUT2D eigenvalue weighted by Crippen LogP contribution is 2.21. The Labute approximate surface area is 119 Å². The lowest BCUT2D eigenvalue weighted by molar-refractivity contribution is -0.141. The van der Waals surface area contributed by atoms with Crippen LogP contribution in [0.15, 0.2) is 23.7 Å². The fourth-order valence-corrected chi connectivity index (χ4v) is 2.36. The number of thiazole rings is 1. The number of benzene rings is 1. The third kappa shape index (κ3) is 3.24. The molecular weight excluding hydrogens is 278 g/mol. The summed E-state index contributed by atoms with van der Waals surface area (Å²) in [4.78, 5) is 26.8. The number of nitrogens with one attached hydrogen (secondary N) is 2. The van der Waals surface area contributed by atoms with Crippen LogP contribution >= 0.6 is 11.3 Å². The van der Waals surface area contributed by atoms with Gasteiger partial charge in [-0.05, 0) is 32.0 Å². The number of aromatic nitrogens is 1. The van der Waals surface area contributed by atoms with Crippen LogP contribution in [-0.4, -0.2) is 28.1 Å². The number of carbonyl (C=O) groups is 2. The molecule has 6 nitrogen and oxygen atoms in total. The van der Waals surface area contributed by atoms with E-state index in [4.69, 9.17) is 5.11 Å². The molecule has 0 saturated carbocycles. The van der Waals surface area contributed by atoms with Crippen molar-refractivity contribution in [2.45, 2.75) is 19.9 Å². The highest BCUT2D eigenvalue weighted by atomic mass is 32.1. The molecule has 0 bridgehead atoms. The monoisotopic (exact) mass is 293 g/mol. The summed E-state index contributed by atoms with van der Waals surface area (Å²) < 4.78 is 0.981. The third-order valence-corrected chi connectivity index (χ3v) is 3.88. The Bertz CT molecular complexity index is 641. The van der Waals surface area contributed by atoms with Crippen LogP contribution in [0.25, 0.3) is 10.2 Å². The molecule has 0 aliphatic rings. The maximum absolute atomic E-state index is 11.8. The lowest BCUT2D eigenvalue weighted by Crippen LogP contribution is -2.42. The third-order valence-electron chi connectivity index (χ3n) is 3.09. The molecule has 2 atom stereocenters. The van der Waals surface area contributed by atoms with E-state index in [0.717, 1.165) is 10.2 Å². The van der Waals surface area contributed by atoms with Crippen LogP contribution in [-0.2, 0) is 4.79 Å². The predicted molar refractivity (Wildman–Crippen MR) is 78.0 cm³/mol. The number of hydrogen-bond acceptors (Lipinski definition) is 4. The van der Waals surface area contributed by atoms with Gasteiger partial charge in [0.1, 0.15) is 0 Å². The predicted octanol–water partition coefficient (Wildman–Crippen LogP) is 2.53.